The zero-order valence-corrected chi connectivity index (χ0v) is 16.0. The van der Waals surface area contributed by atoms with Gasteiger partial charge in [-0.15, -0.1) is 0 Å². The van der Waals surface area contributed by atoms with Gasteiger partial charge >= 0.3 is 0 Å². The van der Waals surface area contributed by atoms with Gasteiger partial charge in [-0.3, -0.25) is 9.59 Å². The molecule has 2 aromatic rings. The van der Waals surface area contributed by atoms with Crippen molar-refractivity contribution in [3.8, 4) is 11.1 Å². The molecule has 0 bridgehead atoms. The Morgan fingerprint density at radius 1 is 1.15 bits per heavy atom. The van der Waals surface area contributed by atoms with Crippen molar-refractivity contribution in [3.05, 3.63) is 59.9 Å². The van der Waals surface area contributed by atoms with Gasteiger partial charge in [-0.05, 0) is 56.2 Å². The monoisotopic (exact) mass is 368 g/mol. The Hall–Kier alpha value is -2.69. The van der Waals surface area contributed by atoms with Crippen LogP contribution in [0.1, 0.15) is 37.6 Å². The lowest BCUT2D eigenvalue weighted by atomic mass is 10.0. The first-order chi connectivity index (χ1) is 12.7. The number of halogens is 1. The molecule has 1 aliphatic rings. The first-order valence-electron chi connectivity index (χ1n) is 9.19. The third-order valence-corrected chi connectivity index (χ3v) is 4.85. The van der Waals surface area contributed by atoms with Crippen molar-refractivity contribution in [2.24, 2.45) is 5.92 Å². The maximum absolute atomic E-state index is 13.4. The van der Waals surface area contributed by atoms with Crippen LogP contribution in [0.2, 0.25) is 0 Å². The number of benzene rings is 2. The van der Waals surface area contributed by atoms with Crippen molar-refractivity contribution < 1.29 is 14.0 Å². The van der Waals surface area contributed by atoms with Gasteiger partial charge in [0.2, 0.25) is 5.91 Å². The highest BCUT2D eigenvalue weighted by Gasteiger charge is 2.36. The molecule has 1 N–H and O–H groups in total. The third kappa shape index (κ3) is 4.54. The summed E-state index contributed by atoms with van der Waals surface area (Å²) in [6.07, 6.45) is 0.459. The minimum absolute atomic E-state index is 0.118. The van der Waals surface area contributed by atoms with Crippen LogP contribution in [-0.2, 0) is 4.79 Å². The smallest absolute Gasteiger partial charge is 0.251 e. The maximum atomic E-state index is 13.4. The molecule has 2 aromatic carbocycles. The quantitative estimate of drug-likeness (QED) is 0.891. The van der Waals surface area contributed by atoms with E-state index in [0.29, 0.717) is 25.1 Å². The molecular weight excluding hydrogens is 343 g/mol. The predicted molar refractivity (Wildman–Crippen MR) is 104 cm³/mol. The number of nitrogens with zero attached hydrogens (tertiary/aromatic N) is 1. The minimum Gasteiger partial charge on any atom is -0.352 e. The summed E-state index contributed by atoms with van der Waals surface area (Å²) in [5.74, 6) is -0.242. The number of carbonyl (C=O) groups is 2. The highest BCUT2D eigenvalue weighted by atomic mass is 19.1. The van der Waals surface area contributed by atoms with Gasteiger partial charge in [0.1, 0.15) is 5.82 Å². The third-order valence-electron chi connectivity index (χ3n) is 4.85. The molecule has 0 saturated carbocycles. The molecule has 1 fully saturated rings. The highest BCUT2D eigenvalue weighted by molar-refractivity contribution is 5.95. The van der Waals surface area contributed by atoms with Crippen LogP contribution in [0.25, 0.3) is 11.1 Å². The largest absolute Gasteiger partial charge is 0.352 e. The van der Waals surface area contributed by atoms with Crippen LogP contribution in [0.5, 0.6) is 0 Å². The van der Waals surface area contributed by atoms with E-state index in [1.54, 1.807) is 24.3 Å². The van der Waals surface area contributed by atoms with E-state index in [9.17, 15) is 14.0 Å². The Kier molecular flexibility index (Phi) is 5.31. The topological polar surface area (TPSA) is 49.4 Å². The Labute approximate surface area is 159 Å². The van der Waals surface area contributed by atoms with E-state index in [-0.39, 0.29) is 29.1 Å². The fourth-order valence-electron chi connectivity index (χ4n) is 3.41. The zero-order valence-electron chi connectivity index (χ0n) is 16.0. The van der Waals surface area contributed by atoms with Crippen molar-refractivity contribution >= 4 is 11.8 Å². The molecule has 0 radical (unpaired) electrons. The highest BCUT2D eigenvalue weighted by Crippen LogP contribution is 2.25. The van der Waals surface area contributed by atoms with Gasteiger partial charge < -0.3 is 10.2 Å². The number of carbonyl (C=O) groups excluding carboxylic acids is 2. The van der Waals surface area contributed by atoms with Crippen LogP contribution in [0.3, 0.4) is 0 Å². The average molecular weight is 368 g/mol. The molecule has 5 heteroatoms. The first kappa shape index (κ1) is 19.1. The van der Waals surface area contributed by atoms with Crippen molar-refractivity contribution in [1.82, 2.24) is 10.2 Å². The van der Waals surface area contributed by atoms with Crippen LogP contribution in [-0.4, -0.2) is 35.3 Å². The summed E-state index contributed by atoms with van der Waals surface area (Å²) in [5.41, 5.74) is 1.84. The standard InChI is InChI=1S/C22H25FN2O2/c1-22(2,3)25-14-15(10-20(25)26)13-24-21(27)18-8-4-6-16(11-18)17-7-5-9-19(23)12-17/h4-9,11-12,15H,10,13-14H2,1-3H3,(H,24,27)/t15-/m0/s1. The second-order valence-electron chi connectivity index (χ2n) is 8.05. The molecular formula is C22H25FN2O2. The lowest BCUT2D eigenvalue weighted by Crippen LogP contribution is -2.42. The van der Waals surface area contributed by atoms with Crippen molar-refractivity contribution in [2.75, 3.05) is 13.1 Å². The van der Waals surface area contributed by atoms with Crippen LogP contribution in [0.4, 0.5) is 4.39 Å². The van der Waals surface area contributed by atoms with Crippen LogP contribution < -0.4 is 5.32 Å². The van der Waals surface area contributed by atoms with Gasteiger partial charge in [0.25, 0.3) is 5.91 Å². The summed E-state index contributed by atoms with van der Waals surface area (Å²) in [7, 11) is 0. The Balaban J connectivity index is 1.64. The van der Waals surface area contributed by atoms with Crippen LogP contribution in [0, 0.1) is 11.7 Å². The number of amides is 2. The van der Waals surface area contributed by atoms with E-state index in [4.69, 9.17) is 0 Å². The summed E-state index contributed by atoms with van der Waals surface area (Å²) in [5, 5.41) is 2.93. The number of hydrogen-bond acceptors (Lipinski definition) is 2. The summed E-state index contributed by atoms with van der Waals surface area (Å²) in [6, 6.07) is 13.4. The molecule has 0 unspecified atom stereocenters. The van der Waals surface area contributed by atoms with Gasteiger partial charge in [-0.2, -0.15) is 0 Å². The van der Waals surface area contributed by atoms with Crippen LogP contribution >= 0.6 is 0 Å². The van der Waals surface area contributed by atoms with Gasteiger partial charge in [-0.1, -0.05) is 24.3 Å². The lowest BCUT2D eigenvalue weighted by Gasteiger charge is -2.32. The van der Waals surface area contributed by atoms with Gasteiger partial charge in [0.05, 0.1) is 0 Å². The fraction of sp³-hybridized carbons (Fsp3) is 0.364. The number of likely N-dealkylation sites (tertiary alicyclic amines) is 1. The van der Waals surface area contributed by atoms with Gasteiger partial charge in [-0.25, -0.2) is 4.39 Å². The summed E-state index contributed by atoms with van der Waals surface area (Å²) >= 11 is 0. The van der Waals surface area contributed by atoms with E-state index in [2.05, 4.69) is 5.32 Å². The van der Waals surface area contributed by atoms with E-state index >= 15 is 0 Å². The van der Waals surface area contributed by atoms with Crippen LogP contribution in [0.15, 0.2) is 48.5 Å². The maximum Gasteiger partial charge on any atom is 0.251 e. The summed E-state index contributed by atoms with van der Waals surface area (Å²) in [4.78, 5) is 26.6. The fourth-order valence-corrected chi connectivity index (χ4v) is 3.41. The van der Waals surface area contributed by atoms with Crippen molar-refractivity contribution in [3.63, 3.8) is 0 Å². The van der Waals surface area contributed by atoms with E-state index in [0.717, 1.165) is 11.1 Å². The minimum atomic E-state index is -0.309. The second-order valence-corrected chi connectivity index (χ2v) is 8.05. The van der Waals surface area contributed by atoms with Gasteiger partial charge in [0.15, 0.2) is 0 Å². The zero-order chi connectivity index (χ0) is 19.6. The molecule has 3 rings (SSSR count). The SMILES string of the molecule is CC(C)(C)N1C[C@H](CNC(=O)c2cccc(-c3cccc(F)c3)c2)CC1=O. The Morgan fingerprint density at radius 3 is 2.44 bits per heavy atom. The van der Waals surface area contributed by atoms with E-state index in [1.807, 2.05) is 37.8 Å². The van der Waals surface area contributed by atoms with E-state index in [1.165, 1.54) is 12.1 Å². The number of hydrogen-bond donors (Lipinski definition) is 1. The molecule has 0 spiro atoms. The molecule has 0 aromatic heterocycles. The normalized spacial score (nSPS) is 17.3. The molecule has 142 valence electrons. The first-order valence-corrected chi connectivity index (χ1v) is 9.19. The molecule has 1 atom stereocenters. The summed E-state index contributed by atoms with van der Waals surface area (Å²) in [6.45, 7) is 7.17. The Bertz CT molecular complexity index is 857. The molecule has 2 amide bonds. The number of nitrogens with one attached hydrogen (secondary N) is 1. The summed E-state index contributed by atoms with van der Waals surface area (Å²) < 4.78 is 13.4. The average Bonchev–Trinajstić information content (AvgIpc) is 3.01. The molecule has 1 aliphatic heterocycles. The molecule has 0 aliphatic carbocycles. The second kappa shape index (κ2) is 7.51. The van der Waals surface area contributed by atoms with Crippen molar-refractivity contribution in [2.45, 2.75) is 32.7 Å². The Morgan fingerprint density at radius 2 is 1.81 bits per heavy atom. The number of rotatable bonds is 4. The molecule has 1 heterocycles. The van der Waals surface area contributed by atoms with E-state index < -0.39 is 0 Å². The van der Waals surface area contributed by atoms with Gasteiger partial charge in [0, 0.05) is 36.5 Å². The molecule has 27 heavy (non-hydrogen) atoms. The van der Waals surface area contributed by atoms with Crippen molar-refractivity contribution in [1.29, 1.82) is 0 Å². The predicted octanol–water partition coefficient (Wildman–Crippen LogP) is 3.87. The molecule has 1 saturated heterocycles. The lowest BCUT2D eigenvalue weighted by molar-refractivity contribution is -0.131. The molecule has 4 nitrogen and oxygen atoms in total.